The Morgan fingerprint density at radius 1 is 1.19 bits per heavy atom. The minimum Gasteiger partial charge on any atom is -0.487 e. The number of fused-ring (bicyclic) bond motifs is 2. The molecule has 1 amide bonds. The molecule has 1 saturated carbocycles. The van der Waals surface area contributed by atoms with Crippen LogP contribution in [0.4, 0.5) is 0 Å². The van der Waals surface area contributed by atoms with E-state index in [1.54, 1.807) is 0 Å². The Hall–Kier alpha value is -2.61. The quantitative estimate of drug-likeness (QED) is 0.711. The van der Waals surface area contributed by atoms with E-state index in [9.17, 15) is 18.0 Å². The SMILES string of the molecule is Cc1c(CC(=O)N[C@H]2C=CS(=O)(=O)C2)c(=O)oc2cc3c(cc12)CCC1(CCCCC1)O3. The van der Waals surface area contributed by atoms with E-state index in [0.717, 1.165) is 47.8 Å². The zero-order chi connectivity index (χ0) is 22.5. The molecule has 1 aromatic carbocycles. The van der Waals surface area contributed by atoms with Gasteiger partial charge >= 0.3 is 5.63 Å². The molecule has 3 heterocycles. The average Bonchev–Trinajstić information content (AvgIpc) is 3.08. The van der Waals surface area contributed by atoms with Crippen LogP contribution in [0.2, 0.25) is 0 Å². The number of hydrogen-bond acceptors (Lipinski definition) is 6. The van der Waals surface area contributed by atoms with Crippen LogP contribution >= 0.6 is 0 Å². The maximum atomic E-state index is 12.7. The first-order valence-electron chi connectivity index (χ1n) is 11.2. The average molecular weight is 458 g/mol. The summed E-state index contributed by atoms with van der Waals surface area (Å²) in [6, 6.07) is 3.27. The van der Waals surface area contributed by atoms with Gasteiger partial charge in [0.1, 0.15) is 16.9 Å². The number of sulfone groups is 1. The highest BCUT2D eigenvalue weighted by Crippen LogP contribution is 2.43. The summed E-state index contributed by atoms with van der Waals surface area (Å²) in [6.45, 7) is 1.82. The Kier molecular flexibility index (Phi) is 5.15. The van der Waals surface area contributed by atoms with Crippen LogP contribution in [0, 0.1) is 6.92 Å². The second kappa shape index (κ2) is 7.76. The van der Waals surface area contributed by atoms with Gasteiger partial charge in [0.15, 0.2) is 9.84 Å². The highest BCUT2D eigenvalue weighted by atomic mass is 32.2. The topological polar surface area (TPSA) is 103 Å². The van der Waals surface area contributed by atoms with Crippen LogP contribution in [0.25, 0.3) is 11.0 Å². The van der Waals surface area contributed by atoms with Crippen molar-refractivity contribution in [1.82, 2.24) is 5.32 Å². The third kappa shape index (κ3) is 3.96. The fourth-order valence-corrected chi connectivity index (χ4v) is 6.47. The van der Waals surface area contributed by atoms with Crippen molar-refractivity contribution in [2.45, 2.75) is 69.9 Å². The minimum absolute atomic E-state index is 0.0888. The molecular formula is C24H27NO6S. The lowest BCUT2D eigenvalue weighted by Crippen LogP contribution is -2.41. The Morgan fingerprint density at radius 3 is 2.69 bits per heavy atom. The summed E-state index contributed by atoms with van der Waals surface area (Å²) < 4.78 is 35.1. The van der Waals surface area contributed by atoms with E-state index in [4.69, 9.17) is 9.15 Å². The molecule has 8 heteroatoms. The summed E-state index contributed by atoms with van der Waals surface area (Å²) >= 11 is 0. The molecule has 1 aliphatic carbocycles. The lowest BCUT2D eigenvalue weighted by Gasteiger charge is -2.41. The summed E-state index contributed by atoms with van der Waals surface area (Å²) in [4.78, 5) is 25.2. The number of nitrogens with one attached hydrogen (secondary N) is 1. The van der Waals surface area contributed by atoms with Gasteiger partial charge in [0.05, 0.1) is 23.8 Å². The van der Waals surface area contributed by atoms with Crippen LogP contribution in [0.15, 0.2) is 32.8 Å². The van der Waals surface area contributed by atoms with Crippen LogP contribution in [-0.2, 0) is 27.5 Å². The van der Waals surface area contributed by atoms with E-state index in [1.165, 1.54) is 25.3 Å². The molecule has 2 aliphatic heterocycles. The van der Waals surface area contributed by atoms with Gasteiger partial charge in [0.2, 0.25) is 5.91 Å². The molecule has 32 heavy (non-hydrogen) atoms. The minimum atomic E-state index is -3.27. The van der Waals surface area contributed by atoms with Gasteiger partial charge in [-0.3, -0.25) is 4.79 Å². The van der Waals surface area contributed by atoms with Crippen molar-refractivity contribution in [3.05, 3.63) is 50.7 Å². The first kappa shape index (κ1) is 21.2. The molecule has 0 radical (unpaired) electrons. The Bertz CT molecular complexity index is 1280. The predicted octanol–water partition coefficient (Wildman–Crippen LogP) is 3.10. The molecule has 3 aliphatic rings. The number of benzene rings is 1. The van der Waals surface area contributed by atoms with Crippen molar-refractivity contribution >= 4 is 26.7 Å². The normalized spacial score (nSPS) is 23.1. The molecule has 0 saturated heterocycles. The van der Waals surface area contributed by atoms with Gasteiger partial charge in [-0.1, -0.05) is 6.42 Å². The predicted molar refractivity (Wildman–Crippen MR) is 121 cm³/mol. The molecule has 1 N–H and O–H groups in total. The second-order valence-corrected chi connectivity index (χ2v) is 11.2. The third-order valence-corrected chi connectivity index (χ3v) is 8.42. The van der Waals surface area contributed by atoms with Gasteiger partial charge < -0.3 is 14.5 Å². The largest absolute Gasteiger partial charge is 0.487 e. The van der Waals surface area contributed by atoms with Gasteiger partial charge in [0, 0.05) is 16.9 Å². The first-order chi connectivity index (χ1) is 15.2. The summed E-state index contributed by atoms with van der Waals surface area (Å²) in [5, 5.41) is 4.57. The molecular weight excluding hydrogens is 430 g/mol. The molecule has 0 unspecified atom stereocenters. The standard InChI is InChI=1S/C24H27NO6S/c1-15-18-11-16-5-9-24(7-3-2-4-8-24)31-20(16)13-21(18)30-23(27)19(15)12-22(26)25-17-6-10-32(28,29)14-17/h6,10-11,13,17H,2-5,7-9,12,14H2,1H3,(H,25,26)/t17-/m0/s1. The van der Waals surface area contributed by atoms with E-state index in [2.05, 4.69) is 5.32 Å². The summed E-state index contributed by atoms with van der Waals surface area (Å²) in [7, 11) is -3.27. The highest BCUT2D eigenvalue weighted by Gasteiger charge is 2.37. The summed E-state index contributed by atoms with van der Waals surface area (Å²) in [5.41, 5.74) is 1.93. The van der Waals surface area contributed by atoms with E-state index in [1.807, 2.05) is 19.1 Å². The number of carbonyl (C=O) groups is 1. The number of hydrogen-bond donors (Lipinski definition) is 1. The van der Waals surface area contributed by atoms with Gasteiger partial charge in [-0.15, -0.1) is 0 Å². The Morgan fingerprint density at radius 2 is 1.97 bits per heavy atom. The molecule has 1 atom stereocenters. The van der Waals surface area contributed by atoms with Crippen molar-refractivity contribution in [3.8, 4) is 5.75 Å². The molecule has 1 spiro atoms. The van der Waals surface area contributed by atoms with Crippen LogP contribution in [0.3, 0.4) is 0 Å². The zero-order valence-electron chi connectivity index (χ0n) is 18.1. The van der Waals surface area contributed by atoms with Crippen LogP contribution in [-0.4, -0.2) is 31.7 Å². The van der Waals surface area contributed by atoms with Gasteiger partial charge in [-0.05, 0) is 68.7 Å². The van der Waals surface area contributed by atoms with Crippen molar-refractivity contribution in [2.24, 2.45) is 0 Å². The van der Waals surface area contributed by atoms with Crippen molar-refractivity contribution in [3.63, 3.8) is 0 Å². The van der Waals surface area contributed by atoms with Crippen LogP contribution in [0.5, 0.6) is 5.75 Å². The maximum Gasteiger partial charge on any atom is 0.340 e. The third-order valence-electron chi connectivity index (χ3n) is 7.02. The van der Waals surface area contributed by atoms with Crippen LogP contribution in [0.1, 0.15) is 55.2 Å². The lowest BCUT2D eigenvalue weighted by molar-refractivity contribution is -0.120. The van der Waals surface area contributed by atoms with Crippen molar-refractivity contribution in [1.29, 1.82) is 0 Å². The molecule has 1 aromatic heterocycles. The van der Waals surface area contributed by atoms with Gasteiger partial charge in [-0.25, -0.2) is 13.2 Å². The highest BCUT2D eigenvalue weighted by molar-refractivity contribution is 7.94. The number of carbonyl (C=O) groups excluding carboxylic acids is 1. The maximum absolute atomic E-state index is 12.7. The van der Waals surface area contributed by atoms with Crippen molar-refractivity contribution in [2.75, 3.05) is 5.75 Å². The van der Waals surface area contributed by atoms with E-state index in [-0.39, 0.29) is 17.8 Å². The van der Waals surface area contributed by atoms with E-state index in [0.29, 0.717) is 16.7 Å². The molecule has 0 bridgehead atoms. The van der Waals surface area contributed by atoms with Crippen LogP contribution < -0.4 is 15.7 Å². The lowest BCUT2D eigenvalue weighted by atomic mass is 9.79. The van der Waals surface area contributed by atoms with Crippen molar-refractivity contribution < 1.29 is 22.4 Å². The fraction of sp³-hybridized carbons (Fsp3) is 0.500. The number of amides is 1. The first-order valence-corrected chi connectivity index (χ1v) is 12.9. The fourth-order valence-electron chi connectivity index (χ4n) is 5.23. The number of rotatable bonds is 3. The van der Waals surface area contributed by atoms with Gasteiger partial charge in [0.25, 0.3) is 0 Å². The zero-order valence-corrected chi connectivity index (χ0v) is 18.9. The molecule has 170 valence electrons. The molecule has 2 aromatic rings. The van der Waals surface area contributed by atoms with Gasteiger partial charge in [-0.2, -0.15) is 0 Å². The monoisotopic (exact) mass is 457 g/mol. The molecule has 5 rings (SSSR count). The summed E-state index contributed by atoms with van der Waals surface area (Å²) in [5.74, 6) is 0.234. The smallest absolute Gasteiger partial charge is 0.340 e. The summed E-state index contributed by atoms with van der Waals surface area (Å²) in [6.07, 6.45) is 8.97. The Balaban J connectivity index is 1.41. The molecule has 1 fully saturated rings. The second-order valence-electron chi connectivity index (χ2n) is 9.30. The molecule has 7 nitrogen and oxygen atoms in total. The van der Waals surface area contributed by atoms with E-state index < -0.39 is 27.4 Å². The Labute approximate surface area is 186 Å². The number of aryl methyl sites for hydroxylation is 2. The number of ether oxygens (including phenoxy) is 1. The van der Waals surface area contributed by atoms with E-state index >= 15 is 0 Å².